The van der Waals surface area contributed by atoms with Crippen molar-refractivity contribution in [1.82, 2.24) is 24.4 Å². The lowest BCUT2D eigenvalue weighted by Gasteiger charge is -2.35. The van der Waals surface area contributed by atoms with Gasteiger partial charge < -0.3 is 20.4 Å². The van der Waals surface area contributed by atoms with Crippen molar-refractivity contribution in [3.63, 3.8) is 0 Å². The molecule has 2 aliphatic heterocycles. The van der Waals surface area contributed by atoms with Crippen LogP contribution in [0.3, 0.4) is 0 Å². The molecule has 2 aliphatic rings. The zero-order chi connectivity index (χ0) is 27.6. The largest absolute Gasteiger partial charge is 0.444 e. The zero-order valence-corrected chi connectivity index (χ0v) is 23.2. The Morgan fingerprint density at radius 3 is 2.54 bits per heavy atom. The molecule has 10 heteroatoms. The second-order valence-electron chi connectivity index (χ2n) is 11.4. The van der Waals surface area contributed by atoms with E-state index in [0.29, 0.717) is 30.8 Å². The summed E-state index contributed by atoms with van der Waals surface area (Å²) in [6.45, 7) is 11.1. The molecule has 0 unspecified atom stereocenters. The van der Waals surface area contributed by atoms with Crippen molar-refractivity contribution in [3.05, 3.63) is 63.8 Å². The van der Waals surface area contributed by atoms with Crippen LogP contribution in [-0.2, 0) is 24.1 Å². The van der Waals surface area contributed by atoms with Gasteiger partial charge in [-0.15, -0.1) is 0 Å². The lowest BCUT2D eigenvalue weighted by molar-refractivity contribution is 0.0221. The number of nitrogen functional groups attached to an aromatic ring is 1. The van der Waals surface area contributed by atoms with E-state index in [-0.39, 0.29) is 12.1 Å². The standard InChI is InChI=1S/C29H39N7O3/c1-29(2,3)39-28(38)35-15-13-24-22(20-35)27(37)36(30)26(32-24)10-6-7-14-33-16-18-34(19-17-33)25-12-11-21-8-4-5-9-23(21)31-25/h4-5,8-9,11-12H,6-7,10,13-20,30H2,1-3H3. The van der Waals surface area contributed by atoms with Crippen molar-refractivity contribution in [1.29, 1.82) is 0 Å². The van der Waals surface area contributed by atoms with Crippen molar-refractivity contribution in [3.8, 4) is 0 Å². The highest BCUT2D eigenvalue weighted by molar-refractivity contribution is 5.80. The predicted molar refractivity (Wildman–Crippen MR) is 152 cm³/mol. The van der Waals surface area contributed by atoms with E-state index in [9.17, 15) is 9.59 Å². The van der Waals surface area contributed by atoms with E-state index in [2.05, 4.69) is 34.1 Å². The third kappa shape index (κ3) is 6.33. The number of piperazine rings is 1. The van der Waals surface area contributed by atoms with Crippen molar-refractivity contribution in [2.75, 3.05) is 50.0 Å². The summed E-state index contributed by atoms with van der Waals surface area (Å²) in [6, 6.07) is 12.5. The number of hydrogen-bond acceptors (Lipinski definition) is 8. The first-order valence-electron chi connectivity index (χ1n) is 13.9. The number of carbonyl (C=O) groups is 1. The number of para-hydroxylation sites is 1. The highest BCUT2D eigenvalue weighted by atomic mass is 16.6. The van der Waals surface area contributed by atoms with E-state index in [1.165, 1.54) is 5.39 Å². The van der Waals surface area contributed by atoms with Crippen LogP contribution in [0.5, 0.6) is 0 Å². The number of nitrogens with two attached hydrogens (primary N) is 1. The molecule has 0 spiro atoms. The van der Waals surface area contributed by atoms with Gasteiger partial charge in [0, 0.05) is 51.0 Å². The Morgan fingerprint density at radius 2 is 1.77 bits per heavy atom. The summed E-state index contributed by atoms with van der Waals surface area (Å²) in [7, 11) is 0. The average Bonchev–Trinajstić information content (AvgIpc) is 2.92. The summed E-state index contributed by atoms with van der Waals surface area (Å²) in [5, 5.41) is 1.17. The van der Waals surface area contributed by atoms with Crippen LogP contribution < -0.4 is 16.3 Å². The number of carbonyl (C=O) groups excluding carboxylic acids is 1. The van der Waals surface area contributed by atoms with Gasteiger partial charge in [0.1, 0.15) is 17.2 Å². The third-order valence-corrected chi connectivity index (χ3v) is 7.39. The minimum Gasteiger partial charge on any atom is -0.444 e. The molecule has 208 valence electrons. The summed E-state index contributed by atoms with van der Waals surface area (Å²) in [5.74, 6) is 7.80. The first-order valence-corrected chi connectivity index (χ1v) is 13.9. The number of aromatic nitrogens is 3. The van der Waals surface area contributed by atoms with E-state index >= 15 is 0 Å². The lowest BCUT2D eigenvalue weighted by atomic mass is 10.1. The van der Waals surface area contributed by atoms with Crippen LogP contribution in [0.25, 0.3) is 10.9 Å². The molecular formula is C29H39N7O3. The number of rotatable bonds is 6. The summed E-state index contributed by atoms with van der Waals surface area (Å²) in [6.07, 6.45) is 2.66. The fraction of sp³-hybridized carbons (Fsp3) is 0.517. The summed E-state index contributed by atoms with van der Waals surface area (Å²) in [5.41, 5.74) is 1.40. The van der Waals surface area contributed by atoms with Crippen molar-refractivity contribution in [2.24, 2.45) is 0 Å². The molecule has 10 nitrogen and oxygen atoms in total. The van der Waals surface area contributed by atoms with Gasteiger partial charge in [-0.3, -0.25) is 9.69 Å². The molecule has 2 aromatic heterocycles. The lowest BCUT2D eigenvalue weighted by Crippen LogP contribution is -2.47. The molecule has 1 saturated heterocycles. The van der Waals surface area contributed by atoms with Gasteiger partial charge in [-0.1, -0.05) is 18.2 Å². The SMILES string of the molecule is CC(C)(C)OC(=O)N1CCc2nc(CCCCN3CCN(c4ccc5ccccc5n4)CC3)n(N)c(=O)c2C1. The third-order valence-electron chi connectivity index (χ3n) is 7.39. The Balaban J connectivity index is 1.10. The maximum absolute atomic E-state index is 13.0. The van der Waals surface area contributed by atoms with E-state index < -0.39 is 11.7 Å². The Bertz CT molecular complexity index is 1390. The van der Waals surface area contributed by atoms with Crippen LogP contribution in [0.2, 0.25) is 0 Å². The minimum atomic E-state index is -0.588. The molecule has 0 atom stereocenters. The van der Waals surface area contributed by atoms with Crippen molar-refractivity contribution in [2.45, 2.75) is 58.6 Å². The Hall–Kier alpha value is -3.66. The van der Waals surface area contributed by atoms with Gasteiger partial charge in [0.15, 0.2) is 0 Å². The van der Waals surface area contributed by atoms with Gasteiger partial charge in [-0.25, -0.2) is 19.4 Å². The van der Waals surface area contributed by atoms with Gasteiger partial charge in [0.25, 0.3) is 5.56 Å². The van der Waals surface area contributed by atoms with E-state index in [1.54, 1.807) is 4.90 Å². The summed E-state index contributed by atoms with van der Waals surface area (Å²) >= 11 is 0. The molecule has 0 aliphatic carbocycles. The molecule has 1 aromatic carbocycles. The van der Waals surface area contributed by atoms with E-state index in [1.807, 2.05) is 32.9 Å². The molecule has 0 bridgehead atoms. The topological polar surface area (TPSA) is 110 Å². The number of anilines is 1. The van der Waals surface area contributed by atoms with Crippen LogP contribution in [0, 0.1) is 0 Å². The quantitative estimate of drug-likeness (QED) is 0.381. The molecule has 4 heterocycles. The van der Waals surface area contributed by atoms with Gasteiger partial charge in [-0.2, -0.15) is 0 Å². The number of aryl methyl sites for hydroxylation is 1. The fourth-order valence-corrected chi connectivity index (χ4v) is 5.25. The van der Waals surface area contributed by atoms with E-state index in [0.717, 1.165) is 67.3 Å². The number of hydrogen-bond donors (Lipinski definition) is 1. The van der Waals surface area contributed by atoms with Crippen molar-refractivity contribution >= 4 is 22.8 Å². The Kier molecular flexibility index (Phi) is 7.74. The smallest absolute Gasteiger partial charge is 0.410 e. The normalized spacial score (nSPS) is 16.4. The monoisotopic (exact) mass is 533 g/mol. The molecule has 0 radical (unpaired) electrons. The molecule has 0 saturated carbocycles. The first kappa shape index (κ1) is 26.9. The maximum Gasteiger partial charge on any atom is 0.410 e. The Morgan fingerprint density at radius 1 is 1.00 bits per heavy atom. The highest BCUT2D eigenvalue weighted by Gasteiger charge is 2.29. The van der Waals surface area contributed by atoms with Crippen LogP contribution in [0.4, 0.5) is 10.6 Å². The highest BCUT2D eigenvalue weighted by Crippen LogP contribution is 2.20. The average molecular weight is 534 g/mol. The maximum atomic E-state index is 13.0. The number of pyridine rings is 1. The zero-order valence-electron chi connectivity index (χ0n) is 23.2. The predicted octanol–water partition coefficient (Wildman–Crippen LogP) is 2.94. The second-order valence-corrected chi connectivity index (χ2v) is 11.4. The molecule has 1 fully saturated rings. The van der Waals surface area contributed by atoms with Crippen LogP contribution in [0.1, 0.15) is 50.7 Å². The number of unbranched alkanes of at least 4 members (excludes halogenated alkanes) is 1. The number of ether oxygens (including phenoxy) is 1. The van der Waals surface area contributed by atoms with Crippen LogP contribution >= 0.6 is 0 Å². The van der Waals surface area contributed by atoms with E-state index in [4.69, 9.17) is 20.5 Å². The molecule has 5 rings (SSSR count). The molecule has 1 amide bonds. The molecule has 3 aromatic rings. The molecular weight excluding hydrogens is 494 g/mol. The van der Waals surface area contributed by atoms with Crippen LogP contribution in [0.15, 0.2) is 41.2 Å². The molecule has 2 N–H and O–H groups in total. The number of nitrogens with zero attached hydrogens (tertiary/aromatic N) is 6. The minimum absolute atomic E-state index is 0.175. The van der Waals surface area contributed by atoms with Gasteiger partial charge in [-0.05, 0) is 58.4 Å². The molecule has 39 heavy (non-hydrogen) atoms. The Labute approximate surface area is 229 Å². The van der Waals surface area contributed by atoms with Gasteiger partial charge >= 0.3 is 6.09 Å². The fourth-order valence-electron chi connectivity index (χ4n) is 5.25. The number of fused-ring (bicyclic) bond motifs is 2. The van der Waals surface area contributed by atoms with Gasteiger partial charge in [0.05, 0.1) is 23.3 Å². The summed E-state index contributed by atoms with van der Waals surface area (Å²) < 4.78 is 6.62. The summed E-state index contributed by atoms with van der Waals surface area (Å²) in [4.78, 5) is 41.4. The first-order chi connectivity index (χ1) is 18.7. The van der Waals surface area contributed by atoms with Crippen molar-refractivity contribution < 1.29 is 9.53 Å². The second kappa shape index (κ2) is 11.2. The number of benzene rings is 1. The number of amides is 1. The van der Waals surface area contributed by atoms with Gasteiger partial charge in [0.2, 0.25) is 0 Å². The van der Waals surface area contributed by atoms with Crippen LogP contribution in [-0.4, -0.2) is 75.4 Å².